The molecule has 2 aromatic carbocycles. The molecule has 0 aliphatic rings. The number of phenolic OH excluding ortho intramolecular Hbond substituents is 1. The number of nitrogens with one attached hydrogen (secondary N) is 2. The lowest BCUT2D eigenvalue weighted by atomic mass is 10.2. The van der Waals surface area contributed by atoms with Gasteiger partial charge in [-0.25, -0.2) is 0 Å². The first-order valence-corrected chi connectivity index (χ1v) is 7.52. The molecule has 130 valence electrons. The lowest BCUT2D eigenvalue weighted by Crippen LogP contribution is -2.25. The molecular weight excluding hydrogens is 324 g/mol. The fourth-order valence-electron chi connectivity index (χ4n) is 1.97. The van der Waals surface area contributed by atoms with Crippen molar-refractivity contribution in [1.82, 2.24) is 5.32 Å². The van der Waals surface area contributed by atoms with Crippen molar-refractivity contribution in [1.29, 1.82) is 0 Å². The van der Waals surface area contributed by atoms with E-state index in [0.717, 1.165) is 0 Å². The number of phenols is 1. The number of amides is 1. The number of benzene rings is 2. The highest BCUT2D eigenvalue weighted by atomic mass is 16.4. The van der Waals surface area contributed by atoms with Gasteiger partial charge < -0.3 is 20.8 Å². The molecule has 0 unspecified atom stereocenters. The average molecular weight is 342 g/mol. The van der Waals surface area contributed by atoms with Crippen LogP contribution in [0.4, 0.5) is 17.1 Å². The van der Waals surface area contributed by atoms with Gasteiger partial charge in [0.15, 0.2) is 0 Å². The van der Waals surface area contributed by atoms with Crippen LogP contribution >= 0.6 is 0 Å². The normalized spacial score (nSPS) is 10.6. The minimum Gasteiger partial charge on any atom is -0.506 e. The highest BCUT2D eigenvalue weighted by molar-refractivity contribution is 5.94. The van der Waals surface area contributed by atoms with Gasteiger partial charge >= 0.3 is 5.97 Å². The highest BCUT2D eigenvalue weighted by Crippen LogP contribution is 2.28. The minimum atomic E-state index is -0.966. The van der Waals surface area contributed by atoms with Crippen LogP contribution in [0, 0.1) is 0 Å². The summed E-state index contributed by atoms with van der Waals surface area (Å²) in [6.07, 6.45) is -0.126. The number of carbonyl (C=O) groups is 2. The van der Waals surface area contributed by atoms with Crippen LogP contribution in [0.15, 0.2) is 52.7 Å². The molecule has 0 aromatic heterocycles. The Balaban J connectivity index is 2.00. The summed E-state index contributed by atoms with van der Waals surface area (Å²) in [5, 5.41) is 31.6. The van der Waals surface area contributed by atoms with Crippen molar-refractivity contribution in [3.05, 3.63) is 48.0 Å². The monoisotopic (exact) mass is 342 g/mol. The topological polar surface area (TPSA) is 123 Å². The summed E-state index contributed by atoms with van der Waals surface area (Å²) in [4.78, 5) is 22.2. The summed E-state index contributed by atoms with van der Waals surface area (Å²) in [5.74, 6) is -1.19. The zero-order chi connectivity index (χ0) is 18.2. The lowest BCUT2D eigenvalue weighted by molar-refractivity contribution is -0.136. The Bertz CT molecular complexity index is 788. The third-order valence-electron chi connectivity index (χ3n) is 3.28. The molecule has 0 spiro atoms. The molecule has 0 atom stereocenters. The molecule has 0 aliphatic carbocycles. The summed E-state index contributed by atoms with van der Waals surface area (Å²) in [6.45, 7) is 0.0737. The van der Waals surface area contributed by atoms with E-state index in [4.69, 9.17) is 5.11 Å². The van der Waals surface area contributed by atoms with E-state index in [1.165, 1.54) is 6.07 Å². The van der Waals surface area contributed by atoms with Crippen molar-refractivity contribution in [2.45, 2.75) is 6.42 Å². The fraction of sp³-hybridized carbons (Fsp3) is 0.176. The van der Waals surface area contributed by atoms with Crippen LogP contribution in [-0.2, 0) is 4.79 Å². The molecule has 0 saturated heterocycles. The Morgan fingerprint density at radius 2 is 1.68 bits per heavy atom. The number of aliphatic carboxylic acids is 1. The van der Waals surface area contributed by atoms with Crippen LogP contribution < -0.4 is 10.6 Å². The first kappa shape index (κ1) is 17.9. The van der Waals surface area contributed by atoms with Gasteiger partial charge in [0.25, 0.3) is 5.91 Å². The Morgan fingerprint density at radius 3 is 2.32 bits per heavy atom. The molecule has 8 nitrogen and oxygen atoms in total. The second kappa shape index (κ2) is 8.44. The number of carboxylic acid groups (broad SMARTS) is 1. The van der Waals surface area contributed by atoms with E-state index in [1.54, 1.807) is 43.4 Å². The third kappa shape index (κ3) is 5.31. The Morgan fingerprint density at radius 1 is 1.04 bits per heavy atom. The van der Waals surface area contributed by atoms with Gasteiger partial charge in [0.05, 0.1) is 23.5 Å². The number of hydrogen-bond donors (Lipinski definition) is 4. The number of aromatic hydroxyl groups is 1. The van der Waals surface area contributed by atoms with E-state index in [1.807, 2.05) is 0 Å². The van der Waals surface area contributed by atoms with E-state index in [-0.39, 0.29) is 24.6 Å². The first-order chi connectivity index (χ1) is 12.0. The van der Waals surface area contributed by atoms with Crippen LogP contribution in [-0.4, -0.2) is 35.7 Å². The van der Waals surface area contributed by atoms with Crippen LogP contribution in [0.1, 0.15) is 16.8 Å². The van der Waals surface area contributed by atoms with Crippen molar-refractivity contribution >= 4 is 28.9 Å². The van der Waals surface area contributed by atoms with E-state index < -0.39 is 5.97 Å². The van der Waals surface area contributed by atoms with Crippen molar-refractivity contribution in [3.63, 3.8) is 0 Å². The maximum atomic E-state index is 11.8. The van der Waals surface area contributed by atoms with Gasteiger partial charge in [0.2, 0.25) is 0 Å². The highest BCUT2D eigenvalue weighted by Gasteiger charge is 2.06. The second-order valence-electron chi connectivity index (χ2n) is 5.10. The van der Waals surface area contributed by atoms with Gasteiger partial charge in [-0.3, -0.25) is 9.59 Å². The number of rotatable bonds is 7. The molecule has 0 heterocycles. The second-order valence-corrected chi connectivity index (χ2v) is 5.10. The molecule has 0 bridgehead atoms. The Hall–Kier alpha value is -3.42. The Kier molecular flexibility index (Phi) is 6.05. The van der Waals surface area contributed by atoms with Gasteiger partial charge in [-0.05, 0) is 42.5 Å². The molecule has 2 rings (SSSR count). The lowest BCUT2D eigenvalue weighted by Gasteiger charge is -2.04. The number of carbonyl (C=O) groups excluding carboxylic acids is 1. The number of azo groups is 1. The average Bonchev–Trinajstić information content (AvgIpc) is 2.61. The number of nitrogens with zero attached hydrogens (tertiary/aromatic N) is 2. The van der Waals surface area contributed by atoms with Crippen LogP contribution in [0.5, 0.6) is 5.75 Å². The maximum absolute atomic E-state index is 11.8. The summed E-state index contributed by atoms with van der Waals surface area (Å²) in [5.41, 5.74) is 2.08. The van der Waals surface area contributed by atoms with Gasteiger partial charge in [0, 0.05) is 19.2 Å². The molecular formula is C17H18N4O4. The predicted octanol–water partition coefficient (Wildman–Crippen LogP) is 3.05. The third-order valence-corrected chi connectivity index (χ3v) is 3.28. The molecule has 2 aromatic rings. The maximum Gasteiger partial charge on any atom is 0.305 e. The van der Waals surface area contributed by atoms with Crippen molar-refractivity contribution in [2.24, 2.45) is 10.2 Å². The minimum absolute atomic E-state index is 0.0737. The summed E-state index contributed by atoms with van der Waals surface area (Å²) < 4.78 is 0. The van der Waals surface area contributed by atoms with Gasteiger partial charge in [0.1, 0.15) is 5.75 Å². The van der Waals surface area contributed by atoms with Crippen LogP contribution in [0.25, 0.3) is 0 Å². The molecule has 1 amide bonds. The molecule has 0 radical (unpaired) electrons. The number of anilines is 1. The molecule has 25 heavy (non-hydrogen) atoms. The zero-order valence-corrected chi connectivity index (χ0v) is 13.6. The first-order valence-electron chi connectivity index (χ1n) is 7.52. The van der Waals surface area contributed by atoms with Gasteiger partial charge in [-0.2, -0.15) is 10.2 Å². The molecule has 4 N–H and O–H groups in total. The SMILES string of the molecule is CNc1cc(N=Nc2ccc(C(=O)NCCC(=O)O)cc2)ccc1O. The zero-order valence-electron chi connectivity index (χ0n) is 13.6. The summed E-state index contributed by atoms with van der Waals surface area (Å²) in [7, 11) is 1.69. The van der Waals surface area contributed by atoms with Crippen molar-refractivity contribution in [2.75, 3.05) is 18.9 Å². The summed E-state index contributed by atoms with van der Waals surface area (Å²) >= 11 is 0. The fourth-order valence-corrected chi connectivity index (χ4v) is 1.97. The van der Waals surface area contributed by atoms with E-state index in [2.05, 4.69) is 20.9 Å². The van der Waals surface area contributed by atoms with Crippen molar-refractivity contribution in [3.8, 4) is 5.75 Å². The van der Waals surface area contributed by atoms with Gasteiger partial charge in [-0.1, -0.05) is 0 Å². The van der Waals surface area contributed by atoms with E-state index >= 15 is 0 Å². The summed E-state index contributed by atoms with van der Waals surface area (Å²) in [6, 6.07) is 11.2. The standard InChI is InChI=1S/C17H18N4O4/c1-18-14-10-13(6-7-15(14)22)21-20-12-4-2-11(3-5-12)17(25)19-9-8-16(23)24/h2-7,10,18,22H,8-9H2,1H3,(H,19,25)(H,23,24). The van der Waals surface area contributed by atoms with Crippen LogP contribution in [0.3, 0.4) is 0 Å². The number of hydrogen-bond acceptors (Lipinski definition) is 6. The predicted molar refractivity (Wildman–Crippen MR) is 92.9 cm³/mol. The Labute approximate surface area is 144 Å². The van der Waals surface area contributed by atoms with E-state index in [0.29, 0.717) is 22.6 Å². The van der Waals surface area contributed by atoms with Crippen molar-refractivity contribution < 1.29 is 19.8 Å². The number of carboxylic acids is 1. The molecule has 0 fully saturated rings. The molecule has 0 saturated carbocycles. The molecule has 8 heteroatoms. The van der Waals surface area contributed by atoms with Gasteiger partial charge in [-0.15, -0.1) is 0 Å². The van der Waals surface area contributed by atoms with E-state index in [9.17, 15) is 14.7 Å². The quantitative estimate of drug-likeness (QED) is 0.455. The van der Waals surface area contributed by atoms with Crippen LogP contribution in [0.2, 0.25) is 0 Å². The smallest absolute Gasteiger partial charge is 0.305 e. The largest absolute Gasteiger partial charge is 0.506 e. The molecule has 0 aliphatic heterocycles.